The van der Waals surface area contributed by atoms with Gasteiger partial charge in [0.05, 0.1) is 14.2 Å². The molecule has 7 nitrogen and oxygen atoms in total. The summed E-state index contributed by atoms with van der Waals surface area (Å²) in [6, 6.07) is 12.5. The molecular weight excluding hydrogens is 384 g/mol. The lowest BCUT2D eigenvalue weighted by Gasteiger charge is -2.18. The molecule has 1 saturated heterocycles. The van der Waals surface area contributed by atoms with Crippen LogP contribution < -0.4 is 15.0 Å². The molecule has 0 bridgehead atoms. The van der Waals surface area contributed by atoms with Gasteiger partial charge in [0.2, 0.25) is 11.8 Å². The number of nitrogens with one attached hydrogen (secondary N) is 1. The molecule has 30 heavy (non-hydrogen) atoms. The number of rotatable bonds is 6. The number of carbonyl (C=O) groups excluding carboxylic acids is 3. The summed E-state index contributed by atoms with van der Waals surface area (Å²) in [6.45, 7) is 4.19. The summed E-state index contributed by atoms with van der Waals surface area (Å²) in [6.07, 6.45) is 0.368. The molecular formula is C23H26N2O5. The van der Waals surface area contributed by atoms with Crippen LogP contribution in [0.25, 0.3) is 0 Å². The van der Waals surface area contributed by atoms with Crippen molar-refractivity contribution in [2.75, 3.05) is 31.0 Å². The van der Waals surface area contributed by atoms with Gasteiger partial charge in [0.25, 0.3) is 0 Å². The Labute approximate surface area is 176 Å². The van der Waals surface area contributed by atoms with Crippen molar-refractivity contribution in [3.05, 3.63) is 53.6 Å². The normalized spacial score (nSPS) is 16.0. The van der Waals surface area contributed by atoms with E-state index in [4.69, 9.17) is 9.47 Å². The van der Waals surface area contributed by atoms with Gasteiger partial charge in [0, 0.05) is 36.2 Å². The Balaban J connectivity index is 1.75. The van der Waals surface area contributed by atoms with Crippen LogP contribution in [0.15, 0.2) is 42.5 Å². The van der Waals surface area contributed by atoms with Crippen LogP contribution in [0.2, 0.25) is 0 Å². The van der Waals surface area contributed by atoms with E-state index in [-0.39, 0.29) is 23.7 Å². The minimum absolute atomic E-state index is 0.0154. The van der Waals surface area contributed by atoms with Gasteiger partial charge in [-0.3, -0.25) is 9.59 Å². The van der Waals surface area contributed by atoms with E-state index in [1.807, 2.05) is 32.0 Å². The smallest absolute Gasteiger partial charge is 0.341 e. The van der Waals surface area contributed by atoms with Gasteiger partial charge in [-0.15, -0.1) is 0 Å². The predicted molar refractivity (Wildman–Crippen MR) is 114 cm³/mol. The second-order valence-electron chi connectivity index (χ2n) is 7.55. The molecule has 3 rings (SSSR count). The lowest BCUT2D eigenvalue weighted by molar-refractivity contribution is -0.119. The first-order valence-electron chi connectivity index (χ1n) is 9.81. The topological polar surface area (TPSA) is 84.9 Å². The van der Waals surface area contributed by atoms with E-state index in [2.05, 4.69) is 5.32 Å². The Kier molecular flexibility index (Phi) is 6.40. The van der Waals surface area contributed by atoms with Gasteiger partial charge < -0.3 is 19.7 Å². The number of anilines is 2. The molecule has 0 aromatic heterocycles. The van der Waals surface area contributed by atoms with Crippen LogP contribution in [0, 0.1) is 5.92 Å². The highest BCUT2D eigenvalue weighted by atomic mass is 16.5. The highest BCUT2D eigenvalue weighted by Crippen LogP contribution is 2.34. The molecule has 1 N–H and O–H groups in total. The molecule has 2 aromatic rings. The number of esters is 1. The molecule has 0 spiro atoms. The number of benzene rings is 2. The number of hydrogen-bond acceptors (Lipinski definition) is 5. The minimum Gasteiger partial charge on any atom is -0.496 e. The van der Waals surface area contributed by atoms with Crippen molar-refractivity contribution in [2.24, 2.45) is 5.92 Å². The summed E-state index contributed by atoms with van der Waals surface area (Å²) in [7, 11) is 2.82. The average molecular weight is 410 g/mol. The molecule has 2 aromatic carbocycles. The molecule has 1 fully saturated rings. The van der Waals surface area contributed by atoms with Gasteiger partial charge in [0.15, 0.2) is 0 Å². The van der Waals surface area contributed by atoms with Crippen LogP contribution in [0.5, 0.6) is 5.75 Å². The van der Waals surface area contributed by atoms with Gasteiger partial charge in [-0.05, 0) is 42.0 Å². The van der Waals surface area contributed by atoms with Crippen molar-refractivity contribution >= 4 is 29.2 Å². The third-order valence-electron chi connectivity index (χ3n) is 5.20. The van der Waals surface area contributed by atoms with E-state index in [0.717, 1.165) is 11.3 Å². The number of amides is 2. The van der Waals surface area contributed by atoms with Crippen molar-refractivity contribution in [2.45, 2.75) is 26.2 Å². The van der Waals surface area contributed by atoms with Crippen LogP contribution in [0.4, 0.5) is 11.4 Å². The zero-order valence-electron chi connectivity index (χ0n) is 17.6. The van der Waals surface area contributed by atoms with E-state index in [9.17, 15) is 14.4 Å². The van der Waals surface area contributed by atoms with Crippen molar-refractivity contribution in [1.82, 2.24) is 0 Å². The highest BCUT2D eigenvalue weighted by molar-refractivity contribution is 5.97. The molecule has 1 aliphatic heterocycles. The maximum atomic E-state index is 12.6. The maximum Gasteiger partial charge on any atom is 0.341 e. The van der Waals surface area contributed by atoms with E-state index >= 15 is 0 Å². The lowest BCUT2D eigenvalue weighted by atomic mass is 9.96. The molecule has 158 valence electrons. The SMILES string of the molecule is COC(=O)c1ccc(C2CC(=O)N(c3ccc(NC(=O)C(C)C)cc3)C2)cc1OC. The zero-order chi connectivity index (χ0) is 21.8. The fraction of sp³-hybridized carbons (Fsp3) is 0.348. The molecule has 1 aliphatic rings. The molecule has 1 unspecified atom stereocenters. The molecule has 1 atom stereocenters. The number of hydrogen-bond donors (Lipinski definition) is 1. The quantitative estimate of drug-likeness (QED) is 0.736. The minimum atomic E-state index is -0.466. The molecule has 0 radical (unpaired) electrons. The summed E-state index contributed by atoms with van der Waals surface area (Å²) in [5.41, 5.74) is 2.76. The molecule has 2 amide bonds. The van der Waals surface area contributed by atoms with Crippen molar-refractivity contribution in [3.8, 4) is 5.75 Å². The van der Waals surface area contributed by atoms with E-state index in [1.54, 1.807) is 29.2 Å². The Morgan fingerprint density at radius 2 is 1.80 bits per heavy atom. The lowest BCUT2D eigenvalue weighted by Crippen LogP contribution is -2.24. The number of ether oxygens (including phenoxy) is 2. The van der Waals surface area contributed by atoms with Crippen molar-refractivity contribution in [3.63, 3.8) is 0 Å². The van der Waals surface area contributed by atoms with Gasteiger partial charge in [0.1, 0.15) is 11.3 Å². The molecule has 0 aliphatic carbocycles. The predicted octanol–water partition coefficient (Wildman–Crippen LogP) is 3.60. The molecule has 0 saturated carbocycles. The molecule has 7 heteroatoms. The van der Waals surface area contributed by atoms with Crippen LogP contribution in [0.3, 0.4) is 0 Å². The Bertz CT molecular complexity index is 953. The van der Waals surface area contributed by atoms with E-state index < -0.39 is 5.97 Å². The fourth-order valence-electron chi connectivity index (χ4n) is 3.43. The Hall–Kier alpha value is -3.35. The summed E-state index contributed by atoms with van der Waals surface area (Å²) < 4.78 is 10.1. The van der Waals surface area contributed by atoms with Crippen LogP contribution in [0.1, 0.15) is 42.1 Å². The average Bonchev–Trinajstić information content (AvgIpc) is 3.14. The highest BCUT2D eigenvalue weighted by Gasteiger charge is 2.32. The summed E-state index contributed by atoms with van der Waals surface area (Å²) in [5, 5.41) is 2.84. The second-order valence-corrected chi connectivity index (χ2v) is 7.55. The Morgan fingerprint density at radius 1 is 1.10 bits per heavy atom. The Morgan fingerprint density at radius 3 is 2.40 bits per heavy atom. The van der Waals surface area contributed by atoms with Gasteiger partial charge in [-0.2, -0.15) is 0 Å². The van der Waals surface area contributed by atoms with Crippen LogP contribution >= 0.6 is 0 Å². The van der Waals surface area contributed by atoms with Crippen molar-refractivity contribution < 1.29 is 23.9 Å². The van der Waals surface area contributed by atoms with Crippen LogP contribution in [-0.2, 0) is 14.3 Å². The summed E-state index contributed by atoms with van der Waals surface area (Å²) >= 11 is 0. The number of carbonyl (C=O) groups is 3. The standard InChI is InChI=1S/C23H26N2O5/c1-14(2)22(27)24-17-6-8-18(9-7-17)25-13-16(12-21(25)26)15-5-10-19(23(28)30-4)20(11-15)29-3/h5-11,14,16H,12-13H2,1-4H3,(H,24,27). The largest absolute Gasteiger partial charge is 0.496 e. The third-order valence-corrected chi connectivity index (χ3v) is 5.20. The fourth-order valence-corrected chi connectivity index (χ4v) is 3.43. The van der Waals surface area contributed by atoms with Crippen molar-refractivity contribution in [1.29, 1.82) is 0 Å². The third kappa shape index (κ3) is 4.45. The van der Waals surface area contributed by atoms with Gasteiger partial charge in [-0.1, -0.05) is 19.9 Å². The number of methoxy groups -OCH3 is 2. The monoisotopic (exact) mass is 410 g/mol. The maximum absolute atomic E-state index is 12.6. The second kappa shape index (κ2) is 8.98. The first-order chi connectivity index (χ1) is 14.3. The van der Waals surface area contributed by atoms with Gasteiger partial charge >= 0.3 is 5.97 Å². The first-order valence-corrected chi connectivity index (χ1v) is 9.81. The summed E-state index contributed by atoms with van der Waals surface area (Å²) in [4.78, 5) is 38.1. The first kappa shape index (κ1) is 21.4. The van der Waals surface area contributed by atoms with Gasteiger partial charge in [-0.25, -0.2) is 4.79 Å². The van der Waals surface area contributed by atoms with E-state index in [1.165, 1.54) is 14.2 Å². The van der Waals surface area contributed by atoms with E-state index in [0.29, 0.717) is 30.0 Å². The van der Waals surface area contributed by atoms with Crippen LogP contribution in [-0.4, -0.2) is 38.5 Å². The molecule has 1 heterocycles. The zero-order valence-corrected chi connectivity index (χ0v) is 17.6. The summed E-state index contributed by atoms with van der Waals surface area (Å²) in [5.74, 6) is -0.186. The number of nitrogens with zero attached hydrogens (tertiary/aromatic N) is 1.